The standard InChI is InChI=1S/C16H15NO2S/c1-4-17-15(19)10(3)20-16(17)13-9(2)11-7-5-6-8-12(11)14(13)18/h5-9H,3-4H2,1-2H3/b16-13+. The molecule has 0 bridgehead atoms. The van der Waals surface area contributed by atoms with Crippen molar-refractivity contribution in [1.82, 2.24) is 4.57 Å². The first-order chi connectivity index (χ1) is 9.56. The minimum Gasteiger partial charge on any atom is -0.299 e. The van der Waals surface area contributed by atoms with Crippen molar-refractivity contribution in [3.8, 4) is 0 Å². The fourth-order valence-electron chi connectivity index (χ4n) is 2.81. The van der Waals surface area contributed by atoms with Gasteiger partial charge in [0, 0.05) is 23.6 Å². The van der Waals surface area contributed by atoms with Crippen LogP contribution in [0.1, 0.15) is 35.7 Å². The maximum atomic E-state index is 12.6. The summed E-state index contributed by atoms with van der Waals surface area (Å²) < 4.78 is 2.91. The van der Waals surface area contributed by atoms with E-state index in [0.717, 1.165) is 21.4 Å². The molecule has 0 saturated heterocycles. The normalized spacial score (nSPS) is 20.3. The summed E-state index contributed by atoms with van der Waals surface area (Å²) in [6, 6.07) is 7.66. The molecular formula is C16H15NO2S. The van der Waals surface area contributed by atoms with Gasteiger partial charge < -0.3 is 0 Å². The van der Waals surface area contributed by atoms with E-state index in [-0.39, 0.29) is 17.3 Å². The van der Waals surface area contributed by atoms with Gasteiger partial charge in [-0.25, -0.2) is 0 Å². The van der Waals surface area contributed by atoms with Gasteiger partial charge in [0.2, 0.25) is 0 Å². The molecule has 1 aliphatic rings. The third-order valence-corrected chi connectivity index (χ3v) is 4.90. The van der Waals surface area contributed by atoms with Gasteiger partial charge in [-0.2, -0.15) is 0 Å². The third kappa shape index (κ3) is 1.64. The van der Waals surface area contributed by atoms with E-state index in [4.69, 9.17) is 0 Å². The molecule has 0 fully saturated rings. The fourth-order valence-corrected chi connectivity index (χ4v) is 3.94. The van der Waals surface area contributed by atoms with E-state index in [0.29, 0.717) is 11.1 Å². The number of thiazole rings is 1. The molecule has 1 unspecified atom stereocenters. The van der Waals surface area contributed by atoms with Gasteiger partial charge in [0.05, 0.1) is 4.53 Å². The number of nitrogens with zero attached hydrogens (tertiary/aromatic N) is 1. The van der Waals surface area contributed by atoms with Crippen LogP contribution in [0.3, 0.4) is 0 Å². The summed E-state index contributed by atoms with van der Waals surface area (Å²) in [6.07, 6.45) is 0. The molecule has 3 nitrogen and oxygen atoms in total. The van der Waals surface area contributed by atoms with E-state index in [1.165, 1.54) is 11.3 Å². The van der Waals surface area contributed by atoms with Crippen molar-refractivity contribution in [2.45, 2.75) is 26.3 Å². The highest BCUT2D eigenvalue weighted by atomic mass is 32.1. The largest absolute Gasteiger partial charge is 0.299 e. The number of hydrogen-bond donors (Lipinski definition) is 0. The Kier molecular flexibility index (Phi) is 2.98. The number of carbonyl (C=O) groups excluding carboxylic acids is 1. The van der Waals surface area contributed by atoms with E-state index in [1.807, 2.05) is 38.1 Å². The van der Waals surface area contributed by atoms with Gasteiger partial charge in [0.1, 0.15) is 4.66 Å². The average molecular weight is 285 g/mol. The summed E-state index contributed by atoms with van der Waals surface area (Å²) in [5.74, 6) is 0.0606. The number of rotatable bonds is 1. The monoisotopic (exact) mass is 285 g/mol. The molecule has 0 saturated carbocycles. The van der Waals surface area contributed by atoms with Crippen LogP contribution in [0.4, 0.5) is 0 Å². The SMILES string of the molecule is C=c1s/c(=C2/C(=O)c3ccccc3C2C)n(CC)c1=O. The van der Waals surface area contributed by atoms with Crippen molar-refractivity contribution in [2.24, 2.45) is 0 Å². The summed E-state index contributed by atoms with van der Waals surface area (Å²) in [6.45, 7) is 8.27. The second-order valence-corrected chi connectivity index (χ2v) is 6.02. The topological polar surface area (TPSA) is 39.1 Å². The van der Waals surface area contributed by atoms with Crippen LogP contribution in [-0.2, 0) is 6.54 Å². The van der Waals surface area contributed by atoms with Crippen LogP contribution in [-0.4, -0.2) is 10.4 Å². The lowest BCUT2D eigenvalue weighted by Crippen LogP contribution is -2.31. The van der Waals surface area contributed by atoms with Crippen molar-refractivity contribution in [3.63, 3.8) is 0 Å². The summed E-state index contributed by atoms with van der Waals surface area (Å²) >= 11 is 1.32. The number of ketones is 1. The number of benzene rings is 1. The van der Waals surface area contributed by atoms with Crippen molar-refractivity contribution < 1.29 is 4.79 Å². The van der Waals surface area contributed by atoms with E-state index in [2.05, 4.69) is 6.58 Å². The molecule has 0 radical (unpaired) electrons. The van der Waals surface area contributed by atoms with Gasteiger partial charge >= 0.3 is 0 Å². The van der Waals surface area contributed by atoms with Gasteiger partial charge in [-0.3, -0.25) is 14.2 Å². The Morgan fingerprint density at radius 2 is 2.00 bits per heavy atom. The lowest BCUT2D eigenvalue weighted by molar-refractivity contribution is 0.105. The number of aromatic nitrogens is 1. The molecule has 1 heterocycles. The molecule has 0 aliphatic heterocycles. The molecule has 1 aliphatic carbocycles. The highest BCUT2D eigenvalue weighted by Crippen LogP contribution is 2.37. The van der Waals surface area contributed by atoms with Gasteiger partial charge in [-0.1, -0.05) is 37.8 Å². The lowest BCUT2D eigenvalue weighted by Gasteiger charge is -2.05. The zero-order chi connectivity index (χ0) is 14.4. The van der Waals surface area contributed by atoms with Crippen LogP contribution in [0.15, 0.2) is 29.1 Å². The van der Waals surface area contributed by atoms with Crippen molar-refractivity contribution in [2.75, 3.05) is 0 Å². The first-order valence-electron chi connectivity index (χ1n) is 6.62. The zero-order valence-corrected chi connectivity index (χ0v) is 12.3. The molecular weight excluding hydrogens is 270 g/mol. The second-order valence-electron chi connectivity index (χ2n) is 4.93. The average Bonchev–Trinajstić information content (AvgIpc) is 2.87. The fraction of sp³-hybridized carbons (Fsp3) is 0.250. The van der Waals surface area contributed by atoms with Gasteiger partial charge in [-0.15, -0.1) is 11.3 Å². The van der Waals surface area contributed by atoms with E-state index >= 15 is 0 Å². The predicted molar refractivity (Wildman–Crippen MR) is 81.6 cm³/mol. The summed E-state index contributed by atoms with van der Waals surface area (Å²) in [5, 5.41) is 0. The van der Waals surface area contributed by atoms with Crippen LogP contribution in [0, 0.1) is 0 Å². The molecule has 0 spiro atoms. The molecule has 2 aromatic rings. The van der Waals surface area contributed by atoms with Gasteiger partial charge in [-0.05, 0) is 12.5 Å². The summed E-state index contributed by atoms with van der Waals surface area (Å²) in [4.78, 5) is 24.7. The Morgan fingerprint density at radius 1 is 1.30 bits per heavy atom. The van der Waals surface area contributed by atoms with Crippen molar-refractivity contribution in [3.05, 3.63) is 54.9 Å². The van der Waals surface area contributed by atoms with Crippen molar-refractivity contribution in [1.29, 1.82) is 0 Å². The number of hydrogen-bond acceptors (Lipinski definition) is 3. The Bertz CT molecular complexity index is 873. The Labute approximate surface area is 120 Å². The Balaban J connectivity index is 2.41. The minimum absolute atomic E-state index is 0.0222. The van der Waals surface area contributed by atoms with Crippen molar-refractivity contribution >= 4 is 29.3 Å². The lowest BCUT2D eigenvalue weighted by atomic mass is 10.0. The van der Waals surface area contributed by atoms with Gasteiger partial charge in [0.25, 0.3) is 5.56 Å². The third-order valence-electron chi connectivity index (χ3n) is 3.84. The van der Waals surface area contributed by atoms with Crippen LogP contribution < -0.4 is 14.8 Å². The van der Waals surface area contributed by atoms with E-state index in [1.54, 1.807) is 4.57 Å². The highest BCUT2D eigenvalue weighted by Gasteiger charge is 2.33. The molecule has 1 atom stereocenters. The molecule has 4 heteroatoms. The number of Topliss-reactive ketones (excluding diaryl/α,β-unsaturated/α-hetero) is 1. The van der Waals surface area contributed by atoms with Crippen LogP contribution in [0.2, 0.25) is 0 Å². The maximum absolute atomic E-state index is 12.6. The van der Waals surface area contributed by atoms with Gasteiger partial charge in [0.15, 0.2) is 5.78 Å². The molecule has 0 amide bonds. The molecule has 0 N–H and O–H groups in total. The van der Waals surface area contributed by atoms with Crippen LogP contribution in [0.5, 0.6) is 0 Å². The van der Waals surface area contributed by atoms with Crippen LogP contribution in [0.25, 0.3) is 12.2 Å². The molecule has 1 aromatic heterocycles. The predicted octanol–water partition coefficient (Wildman–Crippen LogP) is 1.49. The summed E-state index contributed by atoms with van der Waals surface area (Å²) in [5.41, 5.74) is 2.44. The molecule has 102 valence electrons. The quantitative estimate of drug-likeness (QED) is 0.796. The minimum atomic E-state index is -0.0871. The first-order valence-corrected chi connectivity index (χ1v) is 7.44. The number of fused-ring (bicyclic) bond motifs is 1. The van der Waals surface area contributed by atoms with Crippen LogP contribution >= 0.6 is 11.3 Å². The summed E-state index contributed by atoms with van der Waals surface area (Å²) in [7, 11) is 0. The Hall–Kier alpha value is -1.94. The Morgan fingerprint density at radius 3 is 2.65 bits per heavy atom. The number of carbonyl (C=O) groups is 1. The van der Waals surface area contributed by atoms with E-state index < -0.39 is 0 Å². The molecule has 1 aromatic carbocycles. The smallest absolute Gasteiger partial charge is 0.268 e. The second kappa shape index (κ2) is 4.56. The molecule has 3 rings (SSSR count). The van der Waals surface area contributed by atoms with E-state index in [9.17, 15) is 9.59 Å². The first kappa shape index (κ1) is 13.1. The maximum Gasteiger partial charge on any atom is 0.268 e. The zero-order valence-electron chi connectivity index (χ0n) is 11.5. The highest BCUT2D eigenvalue weighted by molar-refractivity contribution is 7.07. The molecule has 20 heavy (non-hydrogen) atoms.